The van der Waals surface area contributed by atoms with E-state index in [2.05, 4.69) is 23.7 Å². The Morgan fingerprint density at radius 2 is 0.438 bits per heavy atom. The first-order valence-electron chi connectivity index (χ1n) is 5.66. The molecular formula is C10H25O5V+5. The Labute approximate surface area is 109 Å². The second-order valence-corrected chi connectivity index (χ2v) is 3.35. The number of hydrogen-bond donors (Lipinski definition) is 0. The summed E-state index contributed by atoms with van der Waals surface area (Å²) in [5.74, 6) is 0. The van der Waals surface area contributed by atoms with Gasteiger partial charge in [0.15, 0.2) is 0 Å². The minimum atomic E-state index is 0. The maximum atomic E-state index is 4.33. The molecule has 5 nitrogen and oxygen atoms in total. The van der Waals surface area contributed by atoms with E-state index in [1.54, 1.807) is 0 Å². The molecule has 1 radical (unpaired) electrons. The van der Waals surface area contributed by atoms with Crippen molar-refractivity contribution in [3.63, 3.8) is 0 Å². The molecule has 1 saturated heterocycles. The summed E-state index contributed by atoms with van der Waals surface area (Å²) in [6, 6.07) is 0. The summed E-state index contributed by atoms with van der Waals surface area (Å²) in [5, 5.41) is 0. The van der Waals surface area contributed by atoms with E-state index < -0.39 is 0 Å². The molecular weight excluding hydrogens is 251 g/mol. The van der Waals surface area contributed by atoms with Crippen molar-refractivity contribution in [2.45, 2.75) is 0 Å². The van der Waals surface area contributed by atoms with Crippen molar-refractivity contribution in [2.75, 3.05) is 66.1 Å². The molecule has 0 unspecified atom stereocenters. The molecule has 6 heteroatoms. The van der Waals surface area contributed by atoms with Gasteiger partial charge >= 0.3 is 0 Å². The van der Waals surface area contributed by atoms with E-state index in [9.17, 15) is 0 Å². The number of hydrogen-bond acceptors (Lipinski definition) is 0. The van der Waals surface area contributed by atoms with E-state index >= 15 is 0 Å². The third-order valence-corrected chi connectivity index (χ3v) is 2.08. The smallest absolute Gasteiger partial charge is 0.214 e. The Balaban J connectivity index is 0.00000225. The first-order chi connectivity index (χ1) is 7.50. The van der Waals surface area contributed by atoms with Crippen molar-refractivity contribution in [1.82, 2.24) is 0 Å². The van der Waals surface area contributed by atoms with Crippen LogP contribution in [0.2, 0.25) is 0 Å². The zero-order valence-corrected chi connectivity index (χ0v) is 11.2. The van der Waals surface area contributed by atoms with Crippen LogP contribution in [0.5, 0.6) is 0 Å². The predicted octanol–water partition coefficient (Wildman–Crippen LogP) is -2.36. The van der Waals surface area contributed by atoms with Gasteiger partial charge in [-0.05, 0) is 0 Å². The summed E-state index contributed by atoms with van der Waals surface area (Å²) in [6.45, 7) is 8.33. The van der Waals surface area contributed by atoms with E-state index in [-0.39, 0.29) is 18.6 Å². The molecule has 1 fully saturated rings. The number of rotatable bonds is 0. The van der Waals surface area contributed by atoms with Crippen molar-refractivity contribution < 1.29 is 42.2 Å². The van der Waals surface area contributed by atoms with Crippen molar-refractivity contribution in [3.8, 4) is 0 Å². The maximum Gasteiger partial charge on any atom is 0.214 e. The van der Waals surface area contributed by atoms with Gasteiger partial charge in [0, 0.05) is 18.6 Å². The van der Waals surface area contributed by atoms with E-state index in [1.807, 2.05) is 0 Å². The fraction of sp³-hybridized carbons (Fsp3) is 1.00. The molecule has 0 bridgehead atoms. The van der Waals surface area contributed by atoms with Gasteiger partial charge in [-0.25, -0.2) is 0 Å². The largest absolute Gasteiger partial charge is 0.422 e. The quantitative estimate of drug-likeness (QED) is 0.444. The van der Waals surface area contributed by atoms with Crippen LogP contribution in [0.25, 0.3) is 0 Å². The summed E-state index contributed by atoms with van der Waals surface area (Å²) in [6.07, 6.45) is 0. The van der Waals surface area contributed by atoms with Crippen LogP contribution < -0.4 is 0 Å². The third kappa shape index (κ3) is 10.9. The van der Waals surface area contributed by atoms with Gasteiger partial charge in [0.2, 0.25) is 66.1 Å². The Morgan fingerprint density at radius 3 is 0.562 bits per heavy atom. The molecule has 0 atom stereocenters. The van der Waals surface area contributed by atoms with Gasteiger partial charge in [0.05, 0.1) is 0 Å². The Hall–Kier alpha value is 0.384. The van der Waals surface area contributed by atoms with Crippen molar-refractivity contribution in [2.24, 2.45) is 0 Å². The van der Waals surface area contributed by atoms with Gasteiger partial charge in [0.1, 0.15) is 0 Å². The van der Waals surface area contributed by atoms with Crippen LogP contribution in [0.15, 0.2) is 0 Å². The zero-order chi connectivity index (χ0) is 10.6. The minimum Gasteiger partial charge on any atom is -0.422 e. The van der Waals surface area contributed by atoms with E-state index in [4.69, 9.17) is 0 Å². The summed E-state index contributed by atoms with van der Waals surface area (Å²) < 4.78 is 21.7. The molecule has 0 aromatic rings. The fourth-order valence-corrected chi connectivity index (χ4v) is 1.27. The zero-order valence-electron chi connectivity index (χ0n) is 9.75. The second-order valence-electron chi connectivity index (χ2n) is 3.35. The fourth-order valence-electron chi connectivity index (χ4n) is 1.27. The standard InChI is InChI=1S/C10H20O5.V/c1-2-12-5-6-14-9-10-15-8-7-13-4-3-11-1;/h1-10H2;/p+5. The number of ether oxygens (including phenoxy) is 5. The van der Waals surface area contributed by atoms with Gasteiger partial charge < -0.3 is 23.7 Å². The molecule has 5 N–H and O–H groups in total. The molecule has 16 heavy (non-hydrogen) atoms. The maximum absolute atomic E-state index is 4.33. The van der Waals surface area contributed by atoms with Crippen LogP contribution in [-0.2, 0) is 18.6 Å². The Morgan fingerprint density at radius 1 is 0.312 bits per heavy atom. The van der Waals surface area contributed by atoms with Crippen LogP contribution in [0, 0.1) is 0 Å². The van der Waals surface area contributed by atoms with Crippen LogP contribution in [0.4, 0.5) is 0 Å². The van der Waals surface area contributed by atoms with Crippen LogP contribution in [0.3, 0.4) is 0 Å². The van der Waals surface area contributed by atoms with Crippen molar-refractivity contribution in [1.29, 1.82) is 0 Å². The van der Waals surface area contributed by atoms with E-state index in [0.29, 0.717) is 0 Å². The molecule has 95 valence electrons. The average molecular weight is 276 g/mol. The van der Waals surface area contributed by atoms with Gasteiger partial charge in [-0.2, -0.15) is 0 Å². The average Bonchev–Trinajstić information content (AvgIpc) is 2.27. The Kier molecular flexibility index (Phi) is 13.8. The molecule has 0 aromatic heterocycles. The SMILES string of the molecule is C1C[OH+]CC[OH+]CC[OH+]CC[OH+]CC[OH+]1.[V]. The normalized spacial score (nSPS) is 22.5. The molecule has 0 amide bonds. The molecule has 0 saturated carbocycles. The topological polar surface area (TPSA) is 64.0 Å². The molecule has 0 aliphatic carbocycles. The summed E-state index contributed by atoms with van der Waals surface area (Å²) in [5.41, 5.74) is 0. The minimum absolute atomic E-state index is 0. The van der Waals surface area contributed by atoms with Crippen LogP contribution in [-0.4, -0.2) is 89.8 Å². The first kappa shape index (κ1) is 16.4. The van der Waals surface area contributed by atoms with Crippen molar-refractivity contribution in [3.05, 3.63) is 0 Å². The summed E-state index contributed by atoms with van der Waals surface area (Å²) >= 11 is 0. The van der Waals surface area contributed by atoms with Crippen LogP contribution in [0.1, 0.15) is 0 Å². The molecule has 1 aliphatic heterocycles. The van der Waals surface area contributed by atoms with Gasteiger partial charge in [-0.1, -0.05) is 0 Å². The molecule has 1 heterocycles. The van der Waals surface area contributed by atoms with Crippen molar-refractivity contribution >= 4 is 0 Å². The Bertz CT molecular complexity index is 77.8. The van der Waals surface area contributed by atoms with Gasteiger partial charge in [0.25, 0.3) is 0 Å². The molecule has 0 aromatic carbocycles. The first-order valence-corrected chi connectivity index (χ1v) is 5.66. The van der Waals surface area contributed by atoms with Crippen LogP contribution >= 0.6 is 0 Å². The van der Waals surface area contributed by atoms with Gasteiger partial charge in [-0.15, -0.1) is 0 Å². The van der Waals surface area contributed by atoms with E-state index in [1.165, 1.54) is 0 Å². The summed E-state index contributed by atoms with van der Waals surface area (Å²) in [4.78, 5) is 0. The second kappa shape index (κ2) is 13.4. The predicted molar refractivity (Wildman–Crippen MR) is 59.8 cm³/mol. The van der Waals surface area contributed by atoms with E-state index in [0.717, 1.165) is 66.1 Å². The molecule has 1 aliphatic rings. The third-order valence-electron chi connectivity index (χ3n) is 2.08. The number of aliphatic hydroxyl groups is 10. The summed E-state index contributed by atoms with van der Waals surface area (Å²) in [7, 11) is 0. The monoisotopic (exact) mass is 276 g/mol. The molecule has 0 spiro atoms. The van der Waals surface area contributed by atoms with Gasteiger partial charge in [-0.3, -0.25) is 0 Å². The molecule has 1 rings (SSSR count).